The van der Waals surface area contributed by atoms with Crippen molar-refractivity contribution in [3.63, 3.8) is 0 Å². The number of nitrogens with zero attached hydrogens (tertiary/aromatic N) is 3. The van der Waals surface area contributed by atoms with E-state index >= 15 is 0 Å². The van der Waals surface area contributed by atoms with Gasteiger partial charge in [-0.05, 0) is 18.6 Å². The third-order valence-corrected chi connectivity index (χ3v) is 2.62. The van der Waals surface area contributed by atoms with E-state index < -0.39 is 0 Å². The fourth-order valence-electron chi connectivity index (χ4n) is 1.77. The number of pyridine rings is 1. The van der Waals surface area contributed by atoms with Crippen LogP contribution in [0.15, 0.2) is 35.7 Å². The molecule has 0 spiro atoms. The van der Waals surface area contributed by atoms with Gasteiger partial charge in [-0.1, -0.05) is 12.1 Å². The second kappa shape index (κ2) is 5.14. The molecule has 0 unspecified atom stereocenters. The minimum absolute atomic E-state index is 0.149. The molecule has 0 fully saturated rings. The molecule has 2 aromatic rings. The van der Waals surface area contributed by atoms with Gasteiger partial charge in [0.15, 0.2) is 5.84 Å². The summed E-state index contributed by atoms with van der Waals surface area (Å²) in [4.78, 5) is 4.12. The van der Waals surface area contributed by atoms with Crippen LogP contribution in [0.1, 0.15) is 5.56 Å². The molecule has 1 aromatic heterocycles. The van der Waals surface area contributed by atoms with Crippen LogP contribution in [0.5, 0.6) is 0 Å². The lowest BCUT2D eigenvalue weighted by atomic mass is 10.1. The number of aryl methyl sites for hydroxylation is 1. The number of benzene rings is 1. The Morgan fingerprint density at radius 2 is 2.26 bits per heavy atom. The van der Waals surface area contributed by atoms with Crippen LogP contribution in [0, 0.1) is 23.7 Å². The summed E-state index contributed by atoms with van der Waals surface area (Å²) >= 11 is 0. The van der Waals surface area contributed by atoms with Crippen LogP contribution in [-0.2, 0) is 0 Å². The normalized spacial score (nSPS) is 11.1. The zero-order valence-electron chi connectivity index (χ0n) is 10.3. The standard InChI is InChI=1S/C13H12N6/c1-8-6-17-7-9-3-2-4-10(12(8)9)18-19-11(5-14)13(15)16/h2-4,6-7,18H,1H3,(H3,15,16)/b19-11+. The lowest BCUT2D eigenvalue weighted by molar-refractivity contribution is 1.29. The molecule has 0 aliphatic rings. The van der Waals surface area contributed by atoms with Crippen molar-refractivity contribution < 1.29 is 0 Å². The van der Waals surface area contributed by atoms with Crippen molar-refractivity contribution in [3.8, 4) is 6.07 Å². The molecule has 0 saturated carbocycles. The second-order valence-corrected chi connectivity index (χ2v) is 3.96. The summed E-state index contributed by atoms with van der Waals surface area (Å²) in [5.41, 5.74) is 9.60. The molecule has 0 bridgehead atoms. The van der Waals surface area contributed by atoms with Gasteiger partial charge in [0.05, 0.1) is 5.69 Å². The summed E-state index contributed by atoms with van der Waals surface area (Å²) in [6, 6.07) is 7.41. The number of amidine groups is 1. The maximum absolute atomic E-state index is 8.79. The van der Waals surface area contributed by atoms with E-state index in [1.807, 2.05) is 25.1 Å². The van der Waals surface area contributed by atoms with Gasteiger partial charge < -0.3 is 5.73 Å². The average molecular weight is 252 g/mol. The Morgan fingerprint density at radius 1 is 1.47 bits per heavy atom. The first-order valence-electron chi connectivity index (χ1n) is 5.55. The van der Waals surface area contributed by atoms with Crippen molar-refractivity contribution >= 4 is 28.0 Å². The van der Waals surface area contributed by atoms with Gasteiger partial charge in [-0.25, -0.2) is 0 Å². The Morgan fingerprint density at radius 3 is 2.95 bits per heavy atom. The highest BCUT2D eigenvalue weighted by molar-refractivity contribution is 6.45. The van der Waals surface area contributed by atoms with Crippen molar-refractivity contribution in [1.82, 2.24) is 4.98 Å². The number of nitrogens with one attached hydrogen (secondary N) is 2. The Balaban J connectivity index is 2.47. The summed E-state index contributed by atoms with van der Waals surface area (Å²) in [7, 11) is 0. The first-order valence-corrected chi connectivity index (χ1v) is 5.55. The average Bonchev–Trinajstić information content (AvgIpc) is 2.39. The number of hydrazone groups is 1. The van der Waals surface area contributed by atoms with Crippen LogP contribution in [-0.4, -0.2) is 16.5 Å². The number of hydrogen-bond acceptors (Lipinski definition) is 5. The summed E-state index contributed by atoms with van der Waals surface area (Å²) in [6.45, 7) is 1.94. The highest BCUT2D eigenvalue weighted by Crippen LogP contribution is 2.25. The van der Waals surface area contributed by atoms with E-state index in [1.54, 1.807) is 18.5 Å². The van der Waals surface area contributed by atoms with Crippen LogP contribution in [0.4, 0.5) is 5.69 Å². The maximum Gasteiger partial charge on any atom is 0.201 e. The Kier molecular flexibility index (Phi) is 3.39. The highest BCUT2D eigenvalue weighted by Gasteiger charge is 2.05. The van der Waals surface area contributed by atoms with E-state index in [9.17, 15) is 0 Å². The molecule has 0 aliphatic heterocycles. The SMILES string of the molecule is Cc1cncc2cccc(N/N=C(\C#N)C(=N)N)c12. The Bertz CT molecular complexity index is 705. The lowest BCUT2D eigenvalue weighted by Gasteiger charge is -2.08. The van der Waals surface area contributed by atoms with E-state index in [-0.39, 0.29) is 11.5 Å². The zero-order valence-corrected chi connectivity index (χ0v) is 10.3. The predicted octanol–water partition coefficient (Wildman–Crippen LogP) is 1.77. The van der Waals surface area contributed by atoms with Crippen molar-refractivity contribution in [2.75, 3.05) is 5.43 Å². The van der Waals surface area contributed by atoms with Crippen LogP contribution in [0.2, 0.25) is 0 Å². The fraction of sp³-hybridized carbons (Fsp3) is 0.0769. The molecule has 6 heteroatoms. The largest absolute Gasteiger partial charge is 0.382 e. The Labute approximate surface area is 110 Å². The maximum atomic E-state index is 8.79. The number of nitrogens with two attached hydrogens (primary N) is 1. The van der Waals surface area contributed by atoms with Crippen LogP contribution in [0.3, 0.4) is 0 Å². The molecule has 4 N–H and O–H groups in total. The molecule has 0 aliphatic carbocycles. The predicted molar refractivity (Wildman–Crippen MR) is 75.1 cm³/mol. The molecule has 94 valence electrons. The van der Waals surface area contributed by atoms with Crippen LogP contribution < -0.4 is 11.2 Å². The fourth-order valence-corrected chi connectivity index (χ4v) is 1.77. The number of nitriles is 1. The molecule has 6 nitrogen and oxygen atoms in total. The van der Waals surface area contributed by atoms with Gasteiger partial charge in [0, 0.05) is 23.2 Å². The van der Waals surface area contributed by atoms with E-state index in [0.29, 0.717) is 0 Å². The van der Waals surface area contributed by atoms with Gasteiger partial charge in [-0.2, -0.15) is 10.4 Å². The molecule has 0 radical (unpaired) electrons. The van der Waals surface area contributed by atoms with Gasteiger partial charge >= 0.3 is 0 Å². The second-order valence-electron chi connectivity index (χ2n) is 3.96. The van der Waals surface area contributed by atoms with Crippen molar-refractivity contribution in [2.24, 2.45) is 10.8 Å². The number of hydrogen-bond donors (Lipinski definition) is 3. The smallest absolute Gasteiger partial charge is 0.201 e. The molecular formula is C13H12N6. The molecule has 1 heterocycles. The van der Waals surface area contributed by atoms with Gasteiger partial charge in [0.1, 0.15) is 6.07 Å². The van der Waals surface area contributed by atoms with Gasteiger partial charge in [0.25, 0.3) is 0 Å². The molecule has 0 saturated heterocycles. The molecule has 2 rings (SSSR count). The van der Waals surface area contributed by atoms with E-state index in [2.05, 4.69) is 15.5 Å². The van der Waals surface area contributed by atoms with Gasteiger partial charge in [0.2, 0.25) is 5.71 Å². The van der Waals surface area contributed by atoms with Crippen LogP contribution in [0.25, 0.3) is 10.8 Å². The van der Waals surface area contributed by atoms with Crippen LogP contribution >= 0.6 is 0 Å². The summed E-state index contributed by atoms with van der Waals surface area (Å²) in [5.74, 6) is -0.367. The van der Waals surface area contributed by atoms with Gasteiger partial charge in [-0.15, -0.1) is 0 Å². The highest BCUT2D eigenvalue weighted by atomic mass is 15.3. The minimum Gasteiger partial charge on any atom is -0.382 e. The van der Waals surface area contributed by atoms with E-state index in [0.717, 1.165) is 22.0 Å². The number of aromatic nitrogens is 1. The number of rotatable bonds is 3. The zero-order chi connectivity index (χ0) is 13.8. The number of fused-ring (bicyclic) bond motifs is 1. The van der Waals surface area contributed by atoms with Crippen molar-refractivity contribution in [1.29, 1.82) is 10.7 Å². The first kappa shape index (κ1) is 12.5. The monoisotopic (exact) mass is 252 g/mol. The third-order valence-electron chi connectivity index (χ3n) is 2.62. The summed E-state index contributed by atoms with van der Waals surface area (Å²) in [5, 5.41) is 21.8. The first-order chi connectivity index (χ1) is 9.13. The quantitative estimate of drug-likeness (QED) is 0.439. The Hall–Kier alpha value is -2.94. The summed E-state index contributed by atoms with van der Waals surface area (Å²) in [6.07, 6.45) is 3.51. The molecule has 0 atom stereocenters. The lowest BCUT2D eigenvalue weighted by Crippen LogP contribution is -2.21. The summed E-state index contributed by atoms with van der Waals surface area (Å²) < 4.78 is 0. The third kappa shape index (κ3) is 2.50. The topological polar surface area (TPSA) is 111 Å². The van der Waals surface area contributed by atoms with E-state index in [1.165, 1.54) is 0 Å². The number of anilines is 1. The molecule has 0 amide bonds. The van der Waals surface area contributed by atoms with E-state index in [4.69, 9.17) is 16.4 Å². The molecule has 19 heavy (non-hydrogen) atoms. The molecule has 1 aromatic carbocycles. The van der Waals surface area contributed by atoms with Gasteiger partial charge in [-0.3, -0.25) is 15.8 Å². The minimum atomic E-state index is -0.367. The molecular weight excluding hydrogens is 240 g/mol. The van der Waals surface area contributed by atoms with Crippen molar-refractivity contribution in [2.45, 2.75) is 6.92 Å². The van der Waals surface area contributed by atoms with Crippen molar-refractivity contribution in [3.05, 3.63) is 36.2 Å².